The summed E-state index contributed by atoms with van der Waals surface area (Å²) in [5.74, 6) is 1.08. The van der Waals surface area contributed by atoms with Crippen molar-refractivity contribution >= 4 is 11.6 Å². The van der Waals surface area contributed by atoms with Crippen molar-refractivity contribution < 1.29 is 19.8 Å². The molecule has 4 aliphatic rings. The fourth-order valence-electron chi connectivity index (χ4n) is 6.99. The summed E-state index contributed by atoms with van der Waals surface area (Å²) in [4.78, 5) is 25.3. The molecule has 0 aromatic heterocycles. The Kier molecular flexibility index (Phi) is 3.51. The molecule has 4 aliphatic carbocycles. The number of Topliss-reactive ketones (excluding diaryl/α,β-unsaturated/α-hetero) is 2. The molecule has 0 amide bonds. The summed E-state index contributed by atoms with van der Waals surface area (Å²) in [5, 5.41) is 21.0. The van der Waals surface area contributed by atoms with Gasteiger partial charge in [0.1, 0.15) is 11.6 Å². The zero-order valence-electron chi connectivity index (χ0n) is 14.0. The molecule has 0 saturated heterocycles. The fourth-order valence-corrected chi connectivity index (χ4v) is 6.99. The van der Waals surface area contributed by atoms with Crippen LogP contribution in [0.1, 0.15) is 58.3 Å². The molecule has 0 aromatic rings. The molecule has 0 aliphatic heterocycles. The molecule has 7 atom stereocenters. The topological polar surface area (TPSA) is 74.6 Å². The molecule has 4 nitrogen and oxygen atoms in total. The highest BCUT2D eigenvalue weighted by Crippen LogP contribution is 2.64. The maximum Gasteiger partial charge on any atom is 0.142 e. The quantitative estimate of drug-likeness (QED) is 0.776. The van der Waals surface area contributed by atoms with Crippen molar-refractivity contribution in [2.24, 2.45) is 34.5 Å². The minimum absolute atomic E-state index is 0.0866. The third-order valence-corrected chi connectivity index (χ3v) is 8.15. The monoisotopic (exact) mass is 320 g/mol. The van der Waals surface area contributed by atoms with Gasteiger partial charge in [0.05, 0.1) is 18.1 Å². The van der Waals surface area contributed by atoms with Crippen molar-refractivity contribution in [3.05, 3.63) is 0 Å². The molecule has 0 spiro atoms. The Morgan fingerprint density at radius 1 is 1.04 bits per heavy atom. The van der Waals surface area contributed by atoms with E-state index in [1.165, 1.54) is 0 Å². The third kappa shape index (κ3) is 1.85. The second kappa shape index (κ2) is 5.13. The Morgan fingerprint density at radius 2 is 1.83 bits per heavy atom. The van der Waals surface area contributed by atoms with Crippen molar-refractivity contribution in [3.8, 4) is 0 Å². The molecule has 5 unspecified atom stereocenters. The number of hydrogen-bond acceptors (Lipinski definition) is 4. The second-order valence-electron chi connectivity index (χ2n) is 8.72. The number of hydrogen-bond donors (Lipinski definition) is 2. The van der Waals surface area contributed by atoms with E-state index in [4.69, 9.17) is 0 Å². The van der Waals surface area contributed by atoms with E-state index in [9.17, 15) is 19.8 Å². The largest absolute Gasteiger partial charge is 0.395 e. The molecule has 23 heavy (non-hydrogen) atoms. The maximum atomic E-state index is 12.9. The molecular weight excluding hydrogens is 292 g/mol. The smallest absolute Gasteiger partial charge is 0.142 e. The van der Waals surface area contributed by atoms with Gasteiger partial charge in [-0.25, -0.2) is 0 Å². The van der Waals surface area contributed by atoms with Gasteiger partial charge in [-0.05, 0) is 62.2 Å². The standard InChI is InChI=1S/C19H28O4/c1-18-8-7-13-11(12(18)5-6-16(18)22)9-15(21)14-3-2-4-17(23)19(13,14)10-20/h11-15,20-21H,2-10H2,1H3/t11?,12?,13?,14-,15+,18?,19?/m1/s1. The lowest BCUT2D eigenvalue weighted by molar-refractivity contribution is -0.185. The SMILES string of the molecule is CC12CCC3C(C[C@H](O)[C@H]4CCCC(=O)C34CO)C1CCC2=O. The van der Waals surface area contributed by atoms with Crippen LogP contribution in [0.5, 0.6) is 0 Å². The first-order valence-electron chi connectivity index (χ1n) is 9.30. The summed E-state index contributed by atoms with van der Waals surface area (Å²) in [7, 11) is 0. The Bertz CT molecular complexity index is 543. The average Bonchev–Trinajstić information content (AvgIpc) is 2.84. The van der Waals surface area contributed by atoms with Gasteiger partial charge in [0.25, 0.3) is 0 Å². The van der Waals surface area contributed by atoms with Gasteiger partial charge < -0.3 is 10.2 Å². The van der Waals surface area contributed by atoms with Crippen molar-refractivity contribution in [2.75, 3.05) is 6.61 Å². The van der Waals surface area contributed by atoms with Crippen LogP contribution in [0, 0.1) is 34.5 Å². The molecule has 4 fully saturated rings. The summed E-state index contributed by atoms with van der Waals surface area (Å²) < 4.78 is 0. The Morgan fingerprint density at radius 3 is 2.57 bits per heavy atom. The van der Waals surface area contributed by atoms with Crippen LogP contribution < -0.4 is 0 Å². The first-order chi connectivity index (χ1) is 10.9. The van der Waals surface area contributed by atoms with Crippen molar-refractivity contribution in [1.29, 1.82) is 0 Å². The number of carbonyl (C=O) groups excluding carboxylic acids is 2. The van der Waals surface area contributed by atoms with E-state index < -0.39 is 11.5 Å². The minimum Gasteiger partial charge on any atom is -0.395 e. The summed E-state index contributed by atoms with van der Waals surface area (Å²) in [6.45, 7) is 1.96. The lowest BCUT2D eigenvalue weighted by atomic mass is 9.44. The molecule has 0 radical (unpaired) electrons. The highest BCUT2D eigenvalue weighted by Gasteiger charge is 2.65. The van der Waals surface area contributed by atoms with Gasteiger partial charge in [-0.3, -0.25) is 9.59 Å². The number of ketones is 2. The Hall–Kier alpha value is -0.740. The zero-order chi connectivity index (χ0) is 16.4. The predicted molar refractivity (Wildman–Crippen MR) is 84.5 cm³/mol. The van der Waals surface area contributed by atoms with Crippen LogP contribution in [0.4, 0.5) is 0 Å². The van der Waals surface area contributed by atoms with E-state index in [1.807, 2.05) is 0 Å². The minimum atomic E-state index is -0.743. The Balaban J connectivity index is 1.76. The van der Waals surface area contributed by atoms with Gasteiger partial charge in [-0.15, -0.1) is 0 Å². The van der Waals surface area contributed by atoms with Crippen molar-refractivity contribution in [3.63, 3.8) is 0 Å². The zero-order valence-corrected chi connectivity index (χ0v) is 14.0. The Labute approximate surface area is 137 Å². The van der Waals surface area contributed by atoms with Crippen LogP contribution in [-0.4, -0.2) is 34.5 Å². The van der Waals surface area contributed by atoms with Crippen molar-refractivity contribution in [1.82, 2.24) is 0 Å². The predicted octanol–water partition coefficient (Wildman–Crippen LogP) is 2.11. The van der Waals surface area contributed by atoms with E-state index in [-0.39, 0.29) is 41.5 Å². The van der Waals surface area contributed by atoms with E-state index in [0.717, 1.165) is 32.1 Å². The summed E-state index contributed by atoms with van der Waals surface area (Å²) in [5.41, 5.74) is -1.00. The summed E-state index contributed by atoms with van der Waals surface area (Å²) >= 11 is 0. The molecule has 4 saturated carbocycles. The van der Waals surface area contributed by atoms with Crippen LogP contribution in [0.15, 0.2) is 0 Å². The van der Waals surface area contributed by atoms with E-state index in [2.05, 4.69) is 6.92 Å². The number of rotatable bonds is 1. The highest BCUT2D eigenvalue weighted by molar-refractivity contribution is 5.88. The third-order valence-electron chi connectivity index (χ3n) is 8.15. The number of aliphatic hydroxyl groups is 2. The summed E-state index contributed by atoms with van der Waals surface area (Å²) in [6, 6.07) is 0. The lowest BCUT2D eigenvalue weighted by Crippen LogP contribution is -2.62. The van der Waals surface area contributed by atoms with Gasteiger partial charge in [-0.1, -0.05) is 6.92 Å². The summed E-state index contributed by atoms with van der Waals surface area (Å²) in [6.07, 6.45) is 5.63. The number of fused-ring (bicyclic) bond motifs is 5. The van der Waals surface area contributed by atoms with Crippen molar-refractivity contribution in [2.45, 2.75) is 64.4 Å². The van der Waals surface area contributed by atoms with Crippen LogP contribution in [0.2, 0.25) is 0 Å². The van der Waals surface area contributed by atoms with Gasteiger partial charge in [0, 0.05) is 18.3 Å². The first kappa shape index (κ1) is 15.8. The second-order valence-corrected chi connectivity index (χ2v) is 8.72. The fraction of sp³-hybridized carbons (Fsp3) is 0.895. The van der Waals surface area contributed by atoms with E-state index in [0.29, 0.717) is 25.0 Å². The number of carbonyl (C=O) groups is 2. The molecule has 128 valence electrons. The lowest BCUT2D eigenvalue weighted by Gasteiger charge is -2.60. The molecule has 2 N–H and O–H groups in total. The van der Waals surface area contributed by atoms with Gasteiger partial charge >= 0.3 is 0 Å². The molecular formula is C19H28O4. The van der Waals surface area contributed by atoms with E-state index in [1.54, 1.807) is 0 Å². The van der Waals surface area contributed by atoms with Gasteiger partial charge in [0.15, 0.2) is 0 Å². The number of aliphatic hydroxyl groups excluding tert-OH is 2. The van der Waals surface area contributed by atoms with Crippen LogP contribution in [-0.2, 0) is 9.59 Å². The molecule has 0 bridgehead atoms. The molecule has 4 rings (SSSR count). The molecule has 0 heterocycles. The normalized spacial score (nSPS) is 52.7. The first-order valence-corrected chi connectivity index (χ1v) is 9.30. The molecule has 0 aromatic carbocycles. The van der Waals surface area contributed by atoms with Gasteiger partial charge in [0.2, 0.25) is 0 Å². The highest BCUT2D eigenvalue weighted by atomic mass is 16.3. The van der Waals surface area contributed by atoms with Crippen LogP contribution in [0.3, 0.4) is 0 Å². The van der Waals surface area contributed by atoms with Gasteiger partial charge in [-0.2, -0.15) is 0 Å². The van der Waals surface area contributed by atoms with Crippen LogP contribution in [0.25, 0.3) is 0 Å². The maximum absolute atomic E-state index is 12.9. The average molecular weight is 320 g/mol. The van der Waals surface area contributed by atoms with Crippen LogP contribution >= 0.6 is 0 Å². The molecule has 4 heteroatoms. The van der Waals surface area contributed by atoms with E-state index >= 15 is 0 Å².